The molecular weight excluding hydrogens is 673 g/mol. The summed E-state index contributed by atoms with van der Waals surface area (Å²) in [7, 11) is -3.86. The first-order valence-electron chi connectivity index (χ1n) is 18.9. The number of aryl methyl sites for hydroxylation is 1. The molecule has 0 amide bonds. The number of benzene rings is 1. The van der Waals surface area contributed by atoms with Crippen LogP contribution in [-0.2, 0) is 8.85 Å². The monoisotopic (exact) mass is 730 g/mol. The Balaban J connectivity index is 1.50. The highest BCUT2D eigenvalue weighted by molar-refractivity contribution is 6.74. The van der Waals surface area contributed by atoms with Crippen LogP contribution in [0.4, 0.5) is 0 Å². The van der Waals surface area contributed by atoms with Gasteiger partial charge in [-0.3, -0.25) is 0 Å². The summed E-state index contributed by atoms with van der Waals surface area (Å²) in [6, 6.07) is 21.6. The highest BCUT2D eigenvalue weighted by atomic mass is 28.4. The molecule has 4 aromatic rings. The minimum absolute atomic E-state index is 0.146. The third-order valence-corrected chi connectivity index (χ3v) is 20.7. The van der Waals surface area contributed by atoms with Crippen molar-refractivity contribution >= 4 is 63.0 Å². The number of H-pyrrole nitrogens is 2. The second-order valence-electron chi connectivity index (χ2n) is 17.6. The topological polar surface area (TPSA) is 75.8 Å². The van der Waals surface area contributed by atoms with Crippen molar-refractivity contribution in [2.75, 3.05) is 13.2 Å². The average molecular weight is 731 g/mol. The van der Waals surface area contributed by atoms with Crippen LogP contribution in [0.2, 0.25) is 36.3 Å². The van der Waals surface area contributed by atoms with Gasteiger partial charge < -0.3 is 18.8 Å². The van der Waals surface area contributed by atoms with E-state index in [2.05, 4.69) is 170 Å². The van der Waals surface area contributed by atoms with E-state index in [0.717, 1.165) is 68.8 Å². The number of rotatable bonds is 10. The van der Waals surface area contributed by atoms with Crippen LogP contribution in [0.15, 0.2) is 60.7 Å². The van der Waals surface area contributed by atoms with Crippen LogP contribution < -0.4 is 0 Å². The van der Waals surface area contributed by atoms with Crippen molar-refractivity contribution in [3.05, 3.63) is 94.6 Å². The van der Waals surface area contributed by atoms with Gasteiger partial charge in [-0.15, -0.1) is 0 Å². The molecule has 0 aliphatic carbocycles. The Hall–Kier alpha value is -3.83. The molecule has 8 heteroatoms. The number of fused-ring (bicyclic) bond motifs is 8. The van der Waals surface area contributed by atoms with Gasteiger partial charge in [0.25, 0.3) is 0 Å². The second-order valence-corrected chi connectivity index (χ2v) is 27.2. The lowest BCUT2D eigenvalue weighted by Gasteiger charge is -2.37. The Morgan fingerprint density at radius 1 is 0.615 bits per heavy atom. The summed E-state index contributed by atoms with van der Waals surface area (Å²) in [6.07, 6.45) is 10.3. The van der Waals surface area contributed by atoms with Gasteiger partial charge in [-0.2, -0.15) is 0 Å². The zero-order valence-corrected chi connectivity index (χ0v) is 35.2. The molecule has 0 saturated heterocycles. The number of hydrogen-bond donors (Lipinski definition) is 2. The van der Waals surface area contributed by atoms with E-state index >= 15 is 0 Å². The molecule has 2 aliphatic rings. The standard InChI is InChI=1S/C44H58N4O2Si2/c1-30-12-14-31(15-13-30)41-37-20-16-33(45-37)28-35-18-22-39(47-35)42(40-23-19-36(48-40)29-34-17-21-38(41)46-34)32(24-26-49-51(8,9)43(2,3)4)25-27-50-52(10,11)44(5,6)7/h12-23,28-29,32,45-46H,24-27H2,1-11H3. The summed E-state index contributed by atoms with van der Waals surface area (Å²) in [5.74, 6) is 0.153. The fourth-order valence-electron chi connectivity index (χ4n) is 6.32. The SMILES string of the molecule is Cc1ccc(-c2c3ccc(cc4nc(c(C(CCO[Si](C)(C)C(C)(C)C)CCO[Si](C)(C)C(C)(C)C)c5nc(cc6ccc2[nH]6)C=C5)C=C4)[nH]3)cc1. The minimum Gasteiger partial charge on any atom is -0.417 e. The van der Waals surface area contributed by atoms with Crippen molar-refractivity contribution in [2.24, 2.45) is 0 Å². The highest BCUT2D eigenvalue weighted by Gasteiger charge is 2.38. The molecule has 1 aromatic carbocycles. The third kappa shape index (κ3) is 8.36. The van der Waals surface area contributed by atoms with Gasteiger partial charge in [0.2, 0.25) is 0 Å². The zero-order valence-electron chi connectivity index (χ0n) is 33.2. The number of aromatic nitrogens is 4. The van der Waals surface area contributed by atoms with Crippen LogP contribution in [-0.4, -0.2) is 49.8 Å². The molecule has 274 valence electrons. The summed E-state index contributed by atoms with van der Waals surface area (Å²) in [5, 5.41) is 0.292. The molecule has 0 fully saturated rings. The maximum Gasteiger partial charge on any atom is 0.191 e. The molecule has 5 heterocycles. The molecule has 0 saturated carbocycles. The van der Waals surface area contributed by atoms with E-state index in [1.165, 1.54) is 11.1 Å². The molecule has 2 N–H and O–H groups in total. The predicted octanol–water partition coefficient (Wildman–Crippen LogP) is 12.5. The maximum absolute atomic E-state index is 6.79. The van der Waals surface area contributed by atoms with Gasteiger partial charge >= 0.3 is 0 Å². The van der Waals surface area contributed by atoms with Crippen LogP contribution in [0.25, 0.3) is 57.5 Å². The zero-order chi connectivity index (χ0) is 37.5. The normalized spacial score (nSPS) is 13.8. The fourth-order valence-corrected chi connectivity index (χ4v) is 8.45. The van der Waals surface area contributed by atoms with Gasteiger partial charge in [0.05, 0.1) is 22.8 Å². The van der Waals surface area contributed by atoms with Gasteiger partial charge in [0.15, 0.2) is 16.6 Å². The van der Waals surface area contributed by atoms with Crippen LogP contribution in [0, 0.1) is 6.92 Å². The van der Waals surface area contributed by atoms with Crippen molar-refractivity contribution in [1.29, 1.82) is 0 Å². The van der Waals surface area contributed by atoms with Crippen molar-refractivity contribution in [2.45, 2.75) is 103 Å². The van der Waals surface area contributed by atoms with Crippen molar-refractivity contribution < 1.29 is 8.85 Å². The highest BCUT2D eigenvalue weighted by Crippen LogP contribution is 2.40. The first kappa shape index (κ1) is 37.9. The third-order valence-electron chi connectivity index (χ3n) is 11.7. The lowest BCUT2D eigenvalue weighted by atomic mass is 9.90. The summed E-state index contributed by atoms with van der Waals surface area (Å²) >= 11 is 0. The maximum atomic E-state index is 6.79. The molecule has 0 spiro atoms. The molecule has 6 nitrogen and oxygen atoms in total. The summed E-state index contributed by atoms with van der Waals surface area (Å²) in [6.45, 7) is 26.7. The average Bonchev–Trinajstić information content (AvgIpc) is 3.87. The lowest BCUT2D eigenvalue weighted by Crippen LogP contribution is -2.41. The van der Waals surface area contributed by atoms with Crippen molar-refractivity contribution in [3.8, 4) is 11.1 Å². The molecule has 3 aromatic heterocycles. The molecule has 2 aliphatic heterocycles. The molecular formula is C44H58N4O2Si2. The van der Waals surface area contributed by atoms with Crippen LogP contribution >= 0.6 is 0 Å². The summed E-state index contributed by atoms with van der Waals surface area (Å²) in [5.41, 5.74) is 12.5. The Labute approximate surface area is 313 Å². The van der Waals surface area contributed by atoms with Gasteiger partial charge in [-0.05, 0) is 128 Å². The van der Waals surface area contributed by atoms with E-state index in [0.29, 0.717) is 13.2 Å². The predicted molar refractivity (Wildman–Crippen MR) is 227 cm³/mol. The second kappa shape index (κ2) is 14.5. The smallest absolute Gasteiger partial charge is 0.191 e. The van der Waals surface area contributed by atoms with Gasteiger partial charge in [-0.25, -0.2) is 9.97 Å². The summed E-state index contributed by atoms with van der Waals surface area (Å²) in [4.78, 5) is 17.9. The Kier molecular flexibility index (Phi) is 10.6. The van der Waals surface area contributed by atoms with Gasteiger partial charge in [0, 0.05) is 46.4 Å². The Bertz CT molecular complexity index is 2010. The minimum atomic E-state index is -1.93. The van der Waals surface area contributed by atoms with Crippen molar-refractivity contribution in [3.63, 3.8) is 0 Å². The van der Waals surface area contributed by atoms with Gasteiger partial charge in [-0.1, -0.05) is 71.4 Å². The van der Waals surface area contributed by atoms with E-state index in [1.807, 2.05) is 0 Å². The van der Waals surface area contributed by atoms with Crippen LogP contribution in [0.1, 0.15) is 94.2 Å². The molecule has 0 radical (unpaired) electrons. The van der Waals surface area contributed by atoms with Crippen molar-refractivity contribution in [1.82, 2.24) is 19.9 Å². The number of hydrogen-bond acceptors (Lipinski definition) is 4. The van der Waals surface area contributed by atoms with E-state index in [9.17, 15) is 0 Å². The van der Waals surface area contributed by atoms with Gasteiger partial charge in [0.1, 0.15) is 0 Å². The quantitative estimate of drug-likeness (QED) is 0.138. The Morgan fingerprint density at radius 2 is 1.06 bits per heavy atom. The number of nitrogens with one attached hydrogen (secondary N) is 2. The molecule has 6 rings (SSSR count). The largest absolute Gasteiger partial charge is 0.417 e. The molecule has 8 bridgehead atoms. The van der Waals surface area contributed by atoms with E-state index in [1.54, 1.807) is 0 Å². The fraction of sp³-hybridized carbons (Fsp3) is 0.409. The lowest BCUT2D eigenvalue weighted by molar-refractivity contribution is 0.241. The van der Waals surface area contributed by atoms with E-state index in [4.69, 9.17) is 18.8 Å². The van der Waals surface area contributed by atoms with Crippen LogP contribution in [0.5, 0.6) is 0 Å². The number of aromatic amines is 2. The summed E-state index contributed by atoms with van der Waals surface area (Å²) < 4.78 is 13.6. The first-order chi connectivity index (χ1) is 24.4. The van der Waals surface area contributed by atoms with E-state index < -0.39 is 16.6 Å². The Morgan fingerprint density at radius 3 is 1.48 bits per heavy atom. The van der Waals surface area contributed by atoms with E-state index in [-0.39, 0.29) is 16.0 Å². The number of nitrogens with zero attached hydrogens (tertiary/aromatic N) is 2. The van der Waals surface area contributed by atoms with Crippen LogP contribution in [0.3, 0.4) is 0 Å². The first-order valence-corrected chi connectivity index (χ1v) is 24.7. The molecule has 0 unspecified atom stereocenters. The molecule has 52 heavy (non-hydrogen) atoms. The molecule has 0 atom stereocenters.